The molecule has 0 unspecified atom stereocenters. The topological polar surface area (TPSA) is 55.1 Å². The number of halogens is 4. The minimum atomic E-state index is -3.44. The van der Waals surface area contributed by atoms with Crippen LogP contribution in [0.1, 0.15) is 29.3 Å². The minimum Gasteiger partial charge on any atom is -0.480 e. The summed E-state index contributed by atoms with van der Waals surface area (Å²) in [5, 5.41) is 12.0. The first-order valence-corrected chi connectivity index (χ1v) is 5.34. The van der Waals surface area contributed by atoms with E-state index >= 15 is 0 Å². The van der Waals surface area contributed by atoms with E-state index in [1.165, 1.54) is 0 Å². The minimum absolute atomic E-state index is 0.301. The third-order valence-electron chi connectivity index (χ3n) is 3.25. The number of carboxylic acid groups (broad SMARTS) is 1. The summed E-state index contributed by atoms with van der Waals surface area (Å²) in [6.45, 7) is -0.885. The van der Waals surface area contributed by atoms with Crippen LogP contribution in [0, 0.1) is 17.8 Å². The van der Waals surface area contributed by atoms with Crippen LogP contribution in [-0.2, 0) is 17.3 Å². The lowest BCUT2D eigenvalue weighted by Crippen LogP contribution is -2.29. The summed E-state index contributed by atoms with van der Waals surface area (Å²) in [6.07, 6.45) is -3.04. The molecule has 0 aliphatic heterocycles. The Morgan fingerprint density at radius 1 is 1.47 bits per heavy atom. The second-order valence-corrected chi connectivity index (χ2v) is 4.37. The fourth-order valence-corrected chi connectivity index (χ4v) is 2.49. The van der Waals surface area contributed by atoms with E-state index < -0.39 is 48.1 Å². The molecule has 4 nitrogen and oxygen atoms in total. The lowest BCUT2D eigenvalue weighted by Gasteiger charge is -2.23. The Balaban J connectivity index is 2.20. The highest BCUT2D eigenvalue weighted by Crippen LogP contribution is 2.57. The number of rotatable bonds is 3. The lowest BCUT2D eigenvalue weighted by molar-refractivity contribution is -0.138. The van der Waals surface area contributed by atoms with Crippen molar-refractivity contribution in [3.05, 3.63) is 17.0 Å². The van der Waals surface area contributed by atoms with E-state index in [1.807, 2.05) is 0 Å². The first kappa shape index (κ1) is 12.0. The van der Waals surface area contributed by atoms with Gasteiger partial charge in [0.25, 0.3) is 6.43 Å². The number of hydrogen-bond acceptors (Lipinski definition) is 2. The van der Waals surface area contributed by atoms with Crippen LogP contribution in [0.3, 0.4) is 0 Å². The summed E-state index contributed by atoms with van der Waals surface area (Å²) >= 11 is 0. The van der Waals surface area contributed by atoms with E-state index in [0.717, 1.165) is 0 Å². The summed E-state index contributed by atoms with van der Waals surface area (Å²) in [7, 11) is 0. The van der Waals surface area contributed by atoms with Crippen LogP contribution < -0.4 is 0 Å². The molecule has 1 aromatic heterocycles. The van der Waals surface area contributed by atoms with Gasteiger partial charge in [0, 0.05) is 5.56 Å². The van der Waals surface area contributed by atoms with Crippen molar-refractivity contribution in [1.82, 2.24) is 9.78 Å². The molecule has 0 amide bonds. The van der Waals surface area contributed by atoms with E-state index in [4.69, 9.17) is 5.11 Å². The quantitative estimate of drug-likeness (QED) is 0.674. The highest BCUT2D eigenvalue weighted by Gasteiger charge is 2.60. The highest BCUT2D eigenvalue weighted by atomic mass is 19.3. The second-order valence-electron chi connectivity index (χ2n) is 4.37. The van der Waals surface area contributed by atoms with Gasteiger partial charge in [0.1, 0.15) is 23.9 Å². The van der Waals surface area contributed by atoms with Gasteiger partial charge in [-0.15, -0.1) is 0 Å². The highest BCUT2D eigenvalue weighted by molar-refractivity contribution is 5.67. The zero-order valence-electron chi connectivity index (χ0n) is 9.20. The SMILES string of the molecule is O=C(O)Cn1nc(C(F)F)c2c1C(F)(F)[C@@H]1C#C[C@H]21. The first-order chi connectivity index (χ1) is 8.84. The molecule has 0 radical (unpaired) electrons. The Labute approximate surface area is 104 Å². The zero-order chi connectivity index (χ0) is 13.9. The van der Waals surface area contributed by atoms with Gasteiger partial charge in [0.05, 0.1) is 5.92 Å². The number of carbonyl (C=O) groups is 1. The molecule has 2 atom stereocenters. The Morgan fingerprint density at radius 3 is 2.63 bits per heavy atom. The molecule has 0 bridgehead atoms. The predicted octanol–water partition coefficient (Wildman–Crippen LogP) is 1.73. The molecule has 2 aliphatic rings. The smallest absolute Gasteiger partial charge is 0.325 e. The molecule has 19 heavy (non-hydrogen) atoms. The average molecular weight is 274 g/mol. The number of alkyl halides is 4. The molecule has 0 fully saturated rings. The summed E-state index contributed by atoms with van der Waals surface area (Å²) in [5.41, 5.74) is -1.85. The molecule has 0 spiro atoms. The Hall–Kier alpha value is -2.04. The Bertz CT molecular complexity index is 641. The van der Waals surface area contributed by atoms with E-state index in [9.17, 15) is 22.4 Å². The van der Waals surface area contributed by atoms with Gasteiger partial charge < -0.3 is 5.11 Å². The molecular weight excluding hydrogens is 268 g/mol. The largest absolute Gasteiger partial charge is 0.480 e. The molecule has 1 aromatic rings. The van der Waals surface area contributed by atoms with Crippen LogP contribution in [0.4, 0.5) is 17.6 Å². The summed E-state index contributed by atoms with van der Waals surface area (Å²) < 4.78 is 54.1. The molecule has 1 heterocycles. The second kappa shape index (κ2) is 3.50. The van der Waals surface area contributed by atoms with Crippen LogP contribution in [0.15, 0.2) is 0 Å². The van der Waals surface area contributed by atoms with Crippen molar-refractivity contribution in [1.29, 1.82) is 0 Å². The molecule has 100 valence electrons. The Kier molecular flexibility index (Phi) is 2.21. The number of carboxylic acids is 1. The van der Waals surface area contributed by atoms with E-state index in [0.29, 0.717) is 4.68 Å². The van der Waals surface area contributed by atoms with Crippen LogP contribution >= 0.6 is 0 Å². The average Bonchev–Trinajstić information content (AvgIpc) is 2.60. The van der Waals surface area contributed by atoms with Crippen LogP contribution in [0.25, 0.3) is 0 Å². The molecule has 0 saturated heterocycles. The van der Waals surface area contributed by atoms with Gasteiger partial charge in [-0.25, -0.2) is 8.78 Å². The maximum absolute atomic E-state index is 14.0. The number of hydrogen-bond donors (Lipinski definition) is 1. The third kappa shape index (κ3) is 1.41. The van der Waals surface area contributed by atoms with Gasteiger partial charge in [0.15, 0.2) is 0 Å². The van der Waals surface area contributed by atoms with E-state index in [-0.39, 0.29) is 5.56 Å². The number of aromatic nitrogens is 2. The summed E-state index contributed by atoms with van der Waals surface area (Å²) in [6, 6.07) is 0. The molecule has 1 N–H and O–H groups in total. The van der Waals surface area contributed by atoms with Gasteiger partial charge in [0.2, 0.25) is 0 Å². The van der Waals surface area contributed by atoms with Crippen LogP contribution in [0.5, 0.6) is 0 Å². The van der Waals surface area contributed by atoms with Crippen LogP contribution in [0.2, 0.25) is 0 Å². The summed E-state index contributed by atoms with van der Waals surface area (Å²) in [4.78, 5) is 10.6. The monoisotopic (exact) mass is 274 g/mol. The molecule has 3 rings (SSSR count). The molecule has 2 aliphatic carbocycles. The fraction of sp³-hybridized carbons (Fsp3) is 0.455. The molecule has 8 heteroatoms. The van der Waals surface area contributed by atoms with Crippen molar-refractivity contribution in [2.24, 2.45) is 5.92 Å². The maximum Gasteiger partial charge on any atom is 0.325 e. The first-order valence-electron chi connectivity index (χ1n) is 5.34. The van der Waals surface area contributed by atoms with Crippen molar-refractivity contribution in [2.45, 2.75) is 24.8 Å². The molecular formula is C11H6F4N2O2. The normalized spacial score (nSPS) is 25.3. The van der Waals surface area contributed by atoms with Gasteiger partial charge in [-0.2, -0.15) is 13.9 Å². The van der Waals surface area contributed by atoms with E-state index in [2.05, 4.69) is 16.9 Å². The third-order valence-corrected chi connectivity index (χ3v) is 3.25. The maximum atomic E-state index is 14.0. The summed E-state index contributed by atoms with van der Waals surface area (Å²) in [5.74, 6) is -2.54. The number of fused-ring (bicyclic) bond motifs is 3. The van der Waals surface area contributed by atoms with Crippen molar-refractivity contribution in [3.8, 4) is 11.8 Å². The lowest BCUT2D eigenvalue weighted by atomic mass is 9.84. The van der Waals surface area contributed by atoms with Gasteiger partial charge >= 0.3 is 11.9 Å². The van der Waals surface area contributed by atoms with Crippen LogP contribution in [-0.4, -0.2) is 20.9 Å². The Morgan fingerprint density at radius 2 is 2.16 bits per heavy atom. The van der Waals surface area contributed by atoms with Gasteiger partial charge in [-0.3, -0.25) is 9.48 Å². The van der Waals surface area contributed by atoms with Crippen molar-refractivity contribution in [2.75, 3.05) is 0 Å². The standard InChI is InChI=1S/C11H6F4N2O2/c12-10(13)8-7-4-1-2-5(4)11(14,15)9(7)17(16-8)3-6(18)19/h4-5,10H,3H2,(H,18,19)/t4-,5+/m0/s1. The molecule has 0 aromatic carbocycles. The zero-order valence-corrected chi connectivity index (χ0v) is 9.20. The van der Waals surface area contributed by atoms with Gasteiger partial charge in [-0.05, 0) is 0 Å². The number of nitrogens with zero attached hydrogens (tertiary/aromatic N) is 2. The fourth-order valence-electron chi connectivity index (χ4n) is 2.49. The molecule has 0 saturated carbocycles. The number of aliphatic carboxylic acids is 1. The van der Waals surface area contributed by atoms with Crippen molar-refractivity contribution >= 4 is 5.97 Å². The van der Waals surface area contributed by atoms with Gasteiger partial charge in [-0.1, -0.05) is 11.8 Å². The van der Waals surface area contributed by atoms with E-state index in [1.54, 1.807) is 0 Å². The van der Waals surface area contributed by atoms with Crippen molar-refractivity contribution < 1.29 is 27.5 Å². The predicted molar refractivity (Wildman–Crippen MR) is 52.7 cm³/mol. The van der Waals surface area contributed by atoms with Crippen molar-refractivity contribution in [3.63, 3.8) is 0 Å².